The minimum absolute atomic E-state index is 0.0815. The highest BCUT2D eigenvalue weighted by atomic mass is 32.2. The number of nitrogens with zero attached hydrogens (tertiary/aromatic N) is 2. The Balaban J connectivity index is 2.70. The van der Waals surface area contributed by atoms with E-state index in [0.717, 1.165) is 22.0 Å². The van der Waals surface area contributed by atoms with E-state index >= 15 is 0 Å². The van der Waals surface area contributed by atoms with E-state index in [9.17, 15) is 0 Å². The molecule has 17 heavy (non-hydrogen) atoms. The molecule has 0 amide bonds. The molecule has 0 unspecified atom stereocenters. The normalized spacial score (nSPS) is 10.5. The van der Waals surface area contributed by atoms with Gasteiger partial charge in [0.2, 0.25) is 0 Å². The van der Waals surface area contributed by atoms with Crippen molar-refractivity contribution in [2.75, 3.05) is 6.26 Å². The number of thioether (sulfide) groups is 1. The van der Waals surface area contributed by atoms with Crippen molar-refractivity contribution in [1.82, 2.24) is 9.55 Å². The Morgan fingerprint density at radius 2 is 2.24 bits per heavy atom. The highest BCUT2D eigenvalue weighted by Gasteiger charge is 2.13. The molecule has 5 heteroatoms. The van der Waals surface area contributed by atoms with E-state index in [4.69, 9.17) is 11.1 Å². The van der Waals surface area contributed by atoms with Gasteiger partial charge >= 0.3 is 0 Å². The standard InChI is InChI=1S/C12H14N4S/c1-8-15-6-7-16(8)9-4-3-5-10(17-2)11(9)12(13)14/h3-7H,1-2H3,(H3,13,14). The summed E-state index contributed by atoms with van der Waals surface area (Å²) < 4.78 is 1.94. The van der Waals surface area contributed by atoms with Crippen LogP contribution in [0.15, 0.2) is 35.5 Å². The number of rotatable bonds is 3. The Bertz CT molecular complexity index is 559. The van der Waals surface area contributed by atoms with Gasteiger partial charge in [0.05, 0.1) is 11.3 Å². The van der Waals surface area contributed by atoms with Crippen LogP contribution in [-0.2, 0) is 0 Å². The largest absolute Gasteiger partial charge is 0.384 e. The van der Waals surface area contributed by atoms with Crippen LogP contribution in [0.25, 0.3) is 5.69 Å². The first-order valence-electron chi connectivity index (χ1n) is 5.17. The smallest absolute Gasteiger partial charge is 0.126 e. The van der Waals surface area contributed by atoms with Gasteiger partial charge in [-0.2, -0.15) is 0 Å². The van der Waals surface area contributed by atoms with Gasteiger partial charge in [0.15, 0.2) is 0 Å². The van der Waals surface area contributed by atoms with Crippen molar-refractivity contribution in [3.8, 4) is 5.69 Å². The summed E-state index contributed by atoms with van der Waals surface area (Å²) in [6.07, 6.45) is 5.60. The molecular formula is C12H14N4S. The van der Waals surface area contributed by atoms with Gasteiger partial charge < -0.3 is 10.3 Å². The fourth-order valence-corrected chi connectivity index (χ4v) is 2.43. The topological polar surface area (TPSA) is 67.7 Å². The fraction of sp³-hybridized carbons (Fsp3) is 0.167. The third-order valence-electron chi connectivity index (χ3n) is 2.58. The molecule has 0 aliphatic heterocycles. The van der Waals surface area contributed by atoms with Gasteiger partial charge in [-0.15, -0.1) is 11.8 Å². The van der Waals surface area contributed by atoms with E-state index in [0.29, 0.717) is 0 Å². The number of hydrogen-bond acceptors (Lipinski definition) is 3. The van der Waals surface area contributed by atoms with Crippen molar-refractivity contribution in [1.29, 1.82) is 5.41 Å². The summed E-state index contributed by atoms with van der Waals surface area (Å²) in [4.78, 5) is 5.20. The minimum atomic E-state index is 0.0815. The first kappa shape index (κ1) is 11.7. The number of amidine groups is 1. The molecule has 0 saturated carbocycles. The predicted molar refractivity (Wildman–Crippen MR) is 71.1 cm³/mol. The van der Waals surface area contributed by atoms with E-state index in [1.165, 1.54) is 0 Å². The molecule has 0 aliphatic rings. The molecule has 0 aliphatic carbocycles. The second kappa shape index (κ2) is 4.63. The first-order valence-corrected chi connectivity index (χ1v) is 6.39. The quantitative estimate of drug-likeness (QED) is 0.495. The van der Waals surface area contributed by atoms with Crippen LogP contribution in [0.2, 0.25) is 0 Å². The van der Waals surface area contributed by atoms with Crippen LogP contribution < -0.4 is 5.73 Å². The summed E-state index contributed by atoms with van der Waals surface area (Å²) in [5, 5.41) is 7.72. The van der Waals surface area contributed by atoms with E-state index in [-0.39, 0.29) is 5.84 Å². The zero-order chi connectivity index (χ0) is 12.4. The molecule has 0 saturated heterocycles. The van der Waals surface area contributed by atoms with E-state index in [1.807, 2.05) is 42.1 Å². The molecule has 2 aromatic rings. The maximum absolute atomic E-state index is 7.72. The van der Waals surface area contributed by atoms with Crippen molar-refractivity contribution in [3.63, 3.8) is 0 Å². The molecule has 0 bridgehead atoms. The average molecular weight is 246 g/mol. The van der Waals surface area contributed by atoms with Gasteiger partial charge in [0.25, 0.3) is 0 Å². The number of aromatic nitrogens is 2. The number of aryl methyl sites for hydroxylation is 1. The molecule has 0 spiro atoms. The monoisotopic (exact) mass is 246 g/mol. The summed E-state index contributed by atoms with van der Waals surface area (Å²) in [5.41, 5.74) is 7.35. The van der Waals surface area contributed by atoms with Gasteiger partial charge in [0, 0.05) is 17.3 Å². The fourth-order valence-electron chi connectivity index (χ4n) is 1.79. The summed E-state index contributed by atoms with van der Waals surface area (Å²) in [6.45, 7) is 1.93. The van der Waals surface area contributed by atoms with Crippen molar-refractivity contribution in [2.24, 2.45) is 5.73 Å². The third-order valence-corrected chi connectivity index (χ3v) is 3.36. The minimum Gasteiger partial charge on any atom is -0.384 e. The molecule has 0 radical (unpaired) electrons. The zero-order valence-electron chi connectivity index (χ0n) is 9.77. The summed E-state index contributed by atoms with van der Waals surface area (Å²) in [7, 11) is 0. The van der Waals surface area contributed by atoms with Gasteiger partial charge in [-0.3, -0.25) is 5.41 Å². The lowest BCUT2D eigenvalue weighted by molar-refractivity contribution is 0.965. The SMILES string of the molecule is CSc1cccc(-n2ccnc2C)c1C(=N)N. The lowest BCUT2D eigenvalue weighted by Crippen LogP contribution is -2.16. The van der Waals surface area contributed by atoms with Gasteiger partial charge in [-0.25, -0.2) is 4.98 Å². The van der Waals surface area contributed by atoms with E-state index < -0.39 is 0 Å². The van der Waals surface area contributed by atoms with Gasteiger partial charge in [0.1, 0.15) is 11.7 Å². The molecule has 1 heterocycles. The number of nitrogen functional groups attached to an aromatic ring is 1. The molecule has 2 rings (SSSR count). The predicted octanol–water partition coefficient (Wildman–Crippen LogP) is 2.19. The van der Waals surface area contributed by atoms with Crippen molar-refractivity contribution < 1.29 is 0 Å². The molecule has 3 N–H and O–H groups in total. The summed E-state index contributed by atoms with van der Waals surface area (Å²) in [6, 6.07) is 5.88. The Morgan fingerprint density at radius 1 is 1.47 bits per heavy atom. The number of nitrogens with two attached hydrogens (primary N) is 1. The maximum atomic E-state index is 7.72. The lowest BCUT2D eigenvalue weighted by atomic mass is 10.1. The van der Waals surface area contributed by atoms with Crippen LogP contribution in [0.3, 0.4) is 0 Å². The van der Waals surface area contributed by atoms with Crippen molar-refractivity contribution in [2.45, 2.75) is 11.8 Å². The summed E-state index contributed by atoms with van der Waals surface area (Å²) >= 11 is 1.59. The number of imidazole rings is 1. The first-order chi connectivity index (χ1) is 8.15. The van der Waals surface area contributed by atoms with Crippen molar-refractivity contribution in [3.05, 3.63) is 42.0 Å². The maximum Gasteiger partial charge on any atom is 0.126 e. The number of nitrogens with one attached hydrogen (secondary N) is 1. The molecule has 88 valence electrons. The van der Waals surface area contributed by atoms with Crippen LogP contribution in [0, 0.1) is 12.3 Å². The molecular weight excluding hydrogens is 232 g/mol. The van der Waals surface area contributed by atoms with Crippen LogP contribution in [0.4, 0.5) is 0 Å². The Morgan fingerprint density at radius 3 is 2.76 bits per heavy atom. The second-order valence-corrected chi connectivity index (χ2v) is 4.46. The molecule has 1 aromatic heterocycles. The van der Waals surface area contributed by atoms with Crippen LogP contribution in [0.1, 0.15) is 11.4 Å². The third kappa shape index (κ3) is 2.06. The Kier molecular flexibility index (Phi) is 3.19. The molecule has 4 nitrogen and oxygen atoms in total. The van der Waals surface area contributed by atoms with Crippen LogP contribution >= 0.6 is 11.8 Å². The van der Waals surface area contributed by atoms with Gasteiger partial charge in [-0.05, 0) is 25.3 Å². The lowest BCUT2D eigenvalue weighted by Gasteiger charge is -2.13. The van der Waals surface area contributed by atoms with Crippen LogP contribution in [0.5, 0.6) is 0 Å². The highest BCUT2D eigenvalue weighted by Crippen LogP contribution is 2.26. The molecule has 0 atom stereocenters. The zero-order valence-corrected chi connectivity index (χ0v) is 10.6. The van der Waals surface area contributed by atoms with Crippen molar-refractivity contribution >= 4 is 17.6 Å². The number of hydrogen-bond donors (Lipinski definition) is 2. The molecule has 0 fully saturated rings. The average Bonchev–Trinajstić information content (AvgIpc) is 2.74. The van der Waals surface area contributed by atoms with Crippen LogP contribution in [-0.4, -0.2) is 21.6 Å². The van der Waals surface area contributed by atoms with E-state index in [2.05, 4.69) is 4.98 Å². The second-order valence-electron chi connectivity index (χ2n) is 3.61. The van der Waals surface area contributed by atoms with Gasteiger partial charge in [-0.1, -0.05) is 6.07 Å². The van der Waals surface area contributed by atoms with E-state index in [1.54, 1.807) is 18.0 Å². The highest BCUT2D eigenvalue weighted by molar-refractivity contribution is 7.98. The molecule has 1 aromatic carbocycles. The summed E-state index contributed by atoms with van der Waals surface area (Å²) in [5.74, 6) is 0.962. The Hall–Kier alpha value is -1.75. The number of benzene rings is 1. The Labute approximate surface area is 104 Å².